The summed E-state index contributed by atoms with van der Waals surface area (Å²) in [4.78, 5) is 28.8. The van der Waals surface area contributed by atoms with Crippen LogP contribution in [0, 0.1) is 0 Å². The highest BCUT2D eigenvalue weighted by Gasteiger charge is 2.27. The van der Waals surface area contributed by atoms with Gasteiger partial charge in [0.05, 0.1) is 13.4 Å². The number of fused-ring (bicyclic) bond motifs is 1. The standard InChI is InChI=1S/C22H26N6O2/c1-14(22(29)24-15-7-5-8-16(11-15)30-4)28(3)21-17-9-6-10-18(17)25-20(26-21)19-12-27(2)13-23-19/h5,7-8,11-14H,6,9-10H2,1-4H3,(H,24,29)/t14-/m1/s1. The largest absolute Gasteiger partial charge is 0.497 e. The Morgan fingerprint density at radius 3 is 2.87 bits per heavy atom. The number of aryl methyl sites for hydroxylation is 2. The maximum Gasteiger partial charge on any atom is 0.246 e. The van der Waals surface area contributed by atoms with E-state index in [2.05, 4.69) is 10.3 Å². The number of amides is 1. The second-order valence-corrected chi connectivity index (χ2v) is 7.58. The Kier molecular flexibility index (Phi) is 5.39. The Balaban J connectivity index is 1.60. The fourth-order valence-electron chi connectivity index (χ4n) is 3.65. The van der Waals surface area contributed by atoms with E-state index in [9.17, 15) is 4.79 Å². The molecule has 0 bridgehead atoms. The number of anilines is 2. The van der Waals surface area contributed by atoms with Gasteiger partial charge in [0.2, 0.25) is 5.91 Å². The van der Waals surface area contributed by atoms with Crippen molar-refractivity contribution in [3.63, 3.8) is 0 Å². The summed E-state index contributed by atoms with van der Waals surface area (Å²) in [6.45, 7) is 1.87. The molecule has 8 nitrogen and oxygen atoms in total. The molecule has 0 radical (unpaired) electrons. The number of imidazole rings is 1. The SMILES string of the molecule is COc1cccc(NC(=O)[C@@H](C)N(C)c2nc(-c3cn(C)cn3)nc3c2CCC3)c1. The second-order valence-electron chi connectivity index (χ2n) is 7.58. The van der Waals surface area contributed by atoms with Gasteiger partial charge in [0, 0.05) is 43.3 Å². The Morgan fingerprint density at radius 1 is 1.30 bits per heavy atom. The third-order valence-corrected chi connectivity index (χ3v) is 5.48. The number of hydrogen-bond donors (Lipinski definition) is 1. The number of nitrogens with zero attached hydrogens (tertiary/aromatic N) is 5. The number of likely N-dealkylation sites (N-methyl/N-ethyl adjacent to an activating group) is 1. The van der Waals surface area contributed by atoms with Gasteiger partial charge < -0.3 is 19.5 Å². The first-order chi connectivity index (χ1) is 14.5. The van der Waals surface area contributed by atoms with Crippen LogP contribution in [-0.2, 0) is 24.7 Å². The molecule has 1 aromatic carbocycles. The molecule has 2 heterocycles. The average molecular weight is 406 g/mol. The van der Waals surface area contributed by atoms with Crippen molar-refractivity contribution >= 4 is 17.4 Å². The molecule has 0 unspecified atom stereocenters. The lowest BCUT2D eigenvalue weighted by molar-refractivity contribution is -0.117. The summed E-state index contributed by atoms with van der Waals surface area (Å²) in [6.07, 6.45) is 6.52. The number of carbonyl (C=O) groups is 1. The predicted molar refractivity (Wildman–Crippen MR) is 116 cm³/mol. The summed E-state index contributed by atoms with van der Waals surface area (Å²) in [7, 11) is 5.42. The molecule has 2 aromatic heterocycles. The van der Waals surface area contributed by atoms with Crippen molar-refractivity contribution < 1.29 is 9.53 Å². The molecule has 0 spiro atoms. The highest BCUT2D eigenvalue weighted by atomic mass is 16.5. The number of rotatable bonds is 6. The van der Waals surface area contributed by atoms with Gasteiger partial charge in [0.1, 0.15) is 23.3 Å². The second kappa shape index (κ2) is 8.14. The van der Waals surface area contributed by atoms with E-state index in [0.29, 0.717) is 17.3 Å². The number of hydrogen-bond acceptors (Lipinski definition) is 6. The molecule has 0 saturated heterocycles. The van der Waals surface area contributed by atoms with Crippen molar-refractivity contribution in [2.24, 2.45) is 7.05 Å². The zero-order valence-electron chi connectivity index (χ0n) is 17.7. The van der Waals surface area contributed by atoms with Crippen LogP contribution in [0.25, 0.3) is 11.5 Å². The molecule has 3 aromatic rings. The summed E-state index contributed by atoms with van der Waals surface area (Å²) in [5.41, 5.74) is 3.60. The van der Waals surface area contributed by atoms with Crippen LogP contribution in [0.2, 0.25) is 0 Å². The van der Waals surface area contributed by atoms with Gasteiger partial charge in [-0.25, -0.2) is 15.0 Å². The molecule has 8 heteroatoms. The summed E-state index contributed by atoms with van der Waals surface area (Å²) < 4.78 is 7.11. The number of methoxy groups -OCH3 is 1. The highest BCUT2D eigenvalue weighted by molar-refractivity contribution is 5.96. The summed E-state index contributed by atoms with van der Waals surface area (Å²) in [5, 5.41) is 2.96. The van der Waals surface area contributed by atoms with Crippen molar-refractivity contribution in [3.8, 4) is 17.3 Å². The van der Waals surface area contributed by atoms with Crippen LogP contribution in [0.3, 0.4) is 0 Å². The quantitative estimate of drug-likeness (QED) is 0.678. The molecule has 30 heavy (non-hydrogen) atoms. The summed E-state index contributed by atoms with van der Waals surface area (Å²) in [5.74, 6) is 1.97. The van der Waals surface area contributed by atoms with Crippen LogP contribution >= 0.6 is 0 Å². The number of benzene rings is 1. The first-order valence-electron chi connectivity index (χ1n) is 10.0. The van der Waals surface area contributed by atoms with Crippen LogP contribution in [0.15, 0.2) is 36.8 Å². The van der Waals surface area contributed by atoms with E-state index in [0.717, 1.165) is 42.0 Å². The number of aromatic nitrogens is 4. The zero-order valence-corrected chi connectivity index (χ0v) is 17.7. The lowest BCUT2D eigenvalue weighted by Gasteiger charge is -2.27. The first kappa shape index (κ1) is 19.9. The molecule has 0 fully saturated rings. The van der Waals surface area contributed by atoms with Gasteiger partial charge in [0.25, 0.3) is 0 Å². The molecule has 1 aliphatic rings. The minimum Gasteiger partial charge on any atom is -0.497 e. The lowest BCUT2D eigenvalue weighted by Crippen LogP contribution is -2.40. The average Bonchev–Trinajstić information content (AvgIpc) is 3.40. The third kappa shape index (κ3) is 3.85. The maximum atomic E-state index is 12.9. The summed E-state index contributed by atoms with van der Waals surface area (Å²) >= 11 is 0. The fourth-order valence-corrected chi connectivity index (χ4v) is 3.65. The Labute approximate surface area is 175 Å². The van der Waals surface area contributed by atoms with Crippen molar-refractivity contribution in [1.29, 1.82) is 0 Å². The number of nitrogens with one attached hydrogen (secondary N) is 1. The molecule has 1 aliphatic carbocycles. The Bertz CT molecular complexity index is 1080. The van der Waals surface area contributed by atoms with Gasteiger partial charge in [-0.1, -0.05) is 6.07 Å². The first-order valence-corrected chi connectivity index (χ1v) is 10.0. The van der Waals surface area contributed by atoms with E-state index in [1.165, 1.54) is 0 Å². The van der Waals surface area contributed by atoms with E-state index < -0.39 is 6.04 Å². The van der Waals surface area contributed by atoms with Crippen LogP contribution in [0.4, 0.5) is 11.5 Å². The molecule has 1 atom stereocenters. The van der Waals surface area contributed by atoms with Crippen molar-refractivity contribution in [1.82, 2.24) is 19.5 Å². The summed E-state index contributed by atoms with van der Waals surface area (Å²) in [6, 6.07) is 6.90. The van der Waals surface area contributed by atoms with Crippen LogP contribution < -0.4 is 15.0 Å². The van der Waals surface area contributed by atoms with E-state index in [1.54, 1.807) is 19.5 Å². The molecule has 1 N–H and O–H groups in total. The molecule has 4 rings (SSSR count). The zero-order chi connectivity index (χ0) is 21.3. The van der Waals surface area contributed by atoms with Gasteiger partial charge in [-0.3, -0.25) is 4.79 Å². The highest BCUT2D eigenvalue weighted by Crippen LogP contribution is 2.31. The van der Waals surface area contributed by atoms with E-state index in [-0.39, 0.29) is 5.91 Å². The van der Waals surface area contributed by atoms with Crippen LogP contribution in [-0.4, -0.2) is 45.6 Å². The van der Waals surface area contributed by atoms with E-state index >= 15 is 0 Å². The van der Waals surface area contributed by atoms with Crippen molar-refractivity contribution in [3.05, 3.63) is 48.0 Å². The smallest absolute Gasteiger partial charge is 0.246 e. The van der Waals surface area contributed by atoms with Crippen LogP contribution in [0.5, 0.6) is 5.75 Å². The minimum atomic E-state index is -0.424. The topological polar surface area (TPSA) is 85.2 Å². The van der Waals surface area contributed by atoms with Gasteiger partial charge in [0.15, 0.2) is 5.82 Å². The molecule has 1 amide bonds. The molecule has 0 saturated carbocycles. The Hall–Kier alpha value is -3.42. The van der Waals surface area contributed by atoms with Crippen molar-refractivity contribution in [2.45, 2.75) is 32.2 Å². The molecule has 0 aliphatic heterocycles. The van der Waals surface area contributed by atoms with Gasteiger partial charge in [-0.15, -0.1) is 0 Å². The van der Waals surface area contributed by atoms with Gasteiger partial charge >= 0.3 is 0 Å². The Morgan fingerprint density at radius 2 is 2.13 bits per heavy atom. The third-order valence-electron chi connectivity index (χ3n) is 5.48. The predicted octanol–water partition coefficient (Wildman–Crippen LogP) is 2.84. The van der Waals surface area contributed by atoms with Crippen LogP contribution in [0.1, 0.15) is 24.6 Å². The van der Waals surface area contributed by atoms with E-state index in [1.807, 2.05) is 54.9 Å². The maximum absolute atomic E-state index is 12.9. The molecular formula is C22H26N6O2. The van der Waals surface area contributed by atoms with E-state index in [4.69, 9.17) is 14.7 Å². The van der Waals surface area contributed by atoms with Crippen molar-refractivity contribution in [2.75, 3.05) is 24.4 Å². The van der Waals surface area contributed by atoms with Gasteiger partial charge in [-0.05, 0) is 38.3 Å². The molecule has 156 valence electrons. The normalized spacial score (nSPS) is 13.6. The lowest BCUT2D eigenvalue weighted by atomic mass is 10.2. The van der Waals surface area contributed by atoms with Gasteiger partial charge in [-0.2, -0.15) is 0 Å². The monoisotopic (exact) mass is 406 g/mol. The fraction of sp³-hybridized carbons (Fsp3) is 0.364. The minimum absolute atomic E-state index is 0.115. The molecular weight excluding hydrogens is 380 g/mol. The number of ether oxygens (including phenoxy) is 1. The number of carbonyl (C=O) groups excluding carboxylic acids is 1.